The molecular weight excluding hydrogens is 256 g/mol. The van der Waals surface area contributed by atoms with Gasteiger partial charge in [0, 0.05) is 0 Å². The van der Waals surface area contributed by atoms with Crippen molar-refractivity contribution in [2.45, 2.75) is 13.8 Å². The fraction of sp³-hybridized carbons (Fsp3) is 0.273. The first-order chi connectivity index (χ1) is 7.21. The molecule has 1 heterocycles. The maximum Gasteiger partial charge on any atom is 0.235 e. The van der Waals surface area contributed by atoms with E-state index in [9.17, 15) is 4.79 Å². The van der Waals surface area contributed by atoms with E-state index in [0.29, 0.717) is 5.33 Å². The van der Waals surface area contributed by atoms with E-state index >= 15 is 0 Å². The fourth-order valence-electron chi connectivity index (χ4n) is 1.23. The largest absolute Gasteiger partial charge is 0.324 e. The minimum absolute atomic E-state index is 0.0768. The third-order valence-corrected chi connectivity index (χ3v) is 2.45. The molecule has 1 amide bonds. The predicted molar refractivity (Wildman–Crippen MR) is 66.2 cm³/mol. The van der Waals surface area contributed by atoms with Crippen molar-refractivity contribution in [3.8, 4) is 0 Å². The molecule has 0 radical (unpaired) electrons. The van der Waals surface area contributed by atoms with Crippen LogP contribution in [0.25, 0.3) is 12.2 Å². The van der Waals surface area contributed by atoms with Crippen molar-refractivity contribution in [2.24, 2.45) is 0 Å². The van der Waals surface area contributed by atoms with Crippen molar-refractivity contribution < 1.29 is 4.79 Å². The topological polar surface area (TPSA) is 42.0 Å². The summed E-state index contributed by atoms with van der Waals surface area (Å²) < 4.78 is 0. The monoisotopic (exact) mass is 268 g/mol. The summed E-state index contributed by atoms with van der Waals surface area (Å²) in [5.74, 6) is -0.0768. The van der Waals surface area contributed by atoms with E-state index in [2.05, 4.69) is 26.2 Å². The number of hydrogen-bond donors (Lipinski definition) is 1. The van der Waals surface area contributed by atoms with Crippen LogP contribution in [-0.2, 0) is 4.79 Å². The molecule has 0 spiro atoms. The first-order valence-electron chi connectivity index (χ1n) is 4.65. The van der Waals surface area contributed by atoms with Gasteiger partial charge in [0.15, 0.2) is 0 Å². The molecule has 0 saturated heterocycles. The van der Waals surface area contributed by atoms with Gasteiger partial charge in [-0.15, -0.1) is 0 Å². The molecule has 0 fully saturated rings. The number of hydrogen-bond acceptors (Lipinski definition) is 2. The number of anilines is 1. The number of alkyl halides is 1. The van der Waals surface area contributed by atoms with Gasteiger partial charge in [0.25, 0.3) is 0 Å². The second kappa shape index (κ2) is 5.66. The zero-order valence-electron chi connectivity index (χ0n) is 8.75. The van der Waals surface area contributed by atoms with E-state index in [1.807, 2.05) is 32.1 Å². The van der Waals surface area contributed by atoms with Gasteiger partial charge < -0.3 is 5.32 Å². The average Bonchev–Trinajstić information content (AvgIpc) is 2.28. The van der Waals surface area contributed by atoms with Crippen LogP contribution in [0.4, 0.5) is 5.69 Å². The van der Waals surface area contributed by atoms with E-state index in [1.165, 1.54) is 0 Å². The minimum atomic E-state index is -0.0768. The van der Waals surface area contributed by atoms with Crippen LogP contribution in [0.3, 0.4) is 0 Å². The Balaban J connectivity index is 3.11. The number of pyridine rings is 1. The van der Waals surface area contributed by atoms with E-state index in [-0.39, 0.29) is 5.91 Å². The van der Waals surface area contributed by atoms with Crippen molar-refractivity contribution >= 4 is 39.7 Å². The van der Waals surface area contributed by atoms with E-state index in [1.54, 1.807) is 6.20 Å². The molecule has 3 nitrogen and oxygen atoms in total. The Kier molecular flexibility index (Phi) is 4.49. The lowest BCUT2D eigenvalue weighted by molar-refractivity contribution is -0.113. The lowest BCUT2D eigenvalue weighted by Gasteiger charge is -2.01. The first-order valence-corrected chi connectivity index (χ1v) is 5.78. The minimum Gasteiger partial charge on any atom is -0.324 e. The highest BCUT2D eigenvalue weighted by Crippen LogP contribution is 1.98. The number of nitrogens with zero attached hydrogens (tertiary/aromatic N) is 1. The fourth-order valence-corrected chi connectivity index (χ4v) is 1.37. The average molecular weight is 269 g/mol. The van der Waals surface area contributed by atoms with E-state index in [4.69, 9.17) is 0 Å². The first kappa shape index (κ1) is 11.9. The normalized spacial score (nSPS) is 13.0. The Labute approximate surface area is 97.0 Å². The molecule has 1 aromatic rings. The molecule has 0 aliphatic carbocycles. The molecule has 0 saturated carbocycles. The van der Waals surface area contributed by atoms with Crippen LogP contribution in [-0.4, -0.2) is 16.2 Å². The number of aromatic nitrogens is 1. The van der Waals surface area contributed by atoms with Gasteiger partial charge >= 0.3 is 0 Å². The third-order valence-electron chi connectivity index (χ3n) is 1.94. The molecule has 0 aromatic carbocycles. The third kappa shape index (κ3) is 3.16. The number of halogens is 1. The second-order valence-electron chi connectivity index (χ2n) is 2.96. The molecule has 15 heavy (non-hydrogen) atoms. The highest BCUT2D eigenvalue weighted by molar-refractivity contribution is 9.09. The van der Waals surface area contributed by atoms with Crippen molar-refractivity contribution in [3.05, 3.63) is 22.8 Å². The molecule has 0 bridgehead atoms. The van der Waals surface area contributed by atoms with Crippen LogP contribution in [0.1, 0.15) is 13.8 Å². The molecule has 4 heteroatoms. The molecule has 0 unspecified atom stereocenters. The van der Waals surface area contributed by atoms with Crippen molar-refractivity contribution in [3.63, 3.8) is 0 Å². The summed E-state index contributed by atoms with van der Waals surface area (Å²) in [5.41, 5.74) is 0.721. The van der Waals surface area contributed by atoms with Gasteiger partial charge in [0.2, 0.25) is 5.91 Å². The van der Waals surface area contributed by atoms with Crippen LogP contribution < -0.4 is 15.9 Å². The number of nitrogens with one attached hydrogen (secondary N) is 1. The molecule has 0 atom stereocenters. The molecule has 0 aliphatic heterocycles. The Morgan fingerprint density at radius 2 is 2.27 bits per heavy atom. The van der Waals surface area contributed by atoms with Crippen LogP contribution in [0, 0.1) is 0 Å². The van der Waals surface area contributed by atoms with Crippen LogP contribution in [0.5, 0.6) is 0 Å². The van der Waals surface area contributed by atoms with Gasteiger partial charge in [-0.1, -0.05) is 28.1 Å². The van der Waals surface area contributed by atoms with Gasteiger partial charge in [-0.3, -0.25) is 9.78 Å². The summed E-state index contributed by atoms with van der Waals surface area (Å²) >= 11 is 3.09. The maximum atomic E-state index is 11.1. The van der Waals surface area contributed by atoms with Gasteiger partial charge in [0.1, 0.15) is 0 Å². The summed E-state index contributed by atoms with van der Waals surface area (Å²) in [4.78, 5) is 15.4. The standard InChI is InChI=1S/C11H13BrN2O/c1-3-8-5-9(14-11(15)6-12)7-13-10(8)4-2/h3-5,7H,6H2,1-2H3,(H,14,15)/b8-3-,10-4+. The number of rotatable bonds is 2. The molecule has 1 N–H and O–H groups in total. The summed E-state index contributed by atoms with van der Waals surface area (Å²) in [6.07, 6.45) is 5.56. The summed E-state index contributed by atoms with van der Waals surface area (Å²) in [7, 11) is 0. The van der Waals surface area contributed by atoms with Gasteiger partial charge in [0.05, 0.1) is 22.6 Å². The Hall–Kier alpha value is -1.16. The summed E-state index contributed by atoms with van der Waals surface area (Å²) in [5, 5.41) is 4.97. The van der Waals surface area contributed by atoms with Gasteiger partial charge in [-0.25, -0.2) is 0 Å². The zero-order chi connectivity index (χ0) is 11.3. The Morgan fingerprint density at radius 1 is 1.53 bits per heavy atom. The van der Waals surface area contributed by atoms with Crippen LogP contribution in [0.2, 0.25) is 0 Å². The SMILES string of the molecule is C/C=c1/cc(NC(=O)CBr)cn/c1=C/C. The highest BCUT2D eigenvalue weighted by Gasteiger charge is 1.99. The predicted octanol–water partition coefficient (Wildman–Crippen LogP) is 1.02. The zero-order valence-corrected chi connectivity index (χ0v) is 10.3. The van der Waals surface area contributed by atoms with Crippen molar-refractivity contribution in [2.75, 3.05) is 10.6 Å². The Bertz CT molecular complexity index is 468. The quantitative estimate of drug-likeness (QED) is 0.814. The number of carbonyl (C=O) groups excluding carboxylic acids is 1. The van der Waals surface area contributed by atoms with E-state index in [0.717, 1.165) is 16.3 Å². The molecule has 1 rings (SSSR count). The number of amides is 1. The van der Waals surface area contributed by atoms with Crippen LogP contribution >= 0.6 is 15.9 Å². The van der Waals surface area contributed by atoms with E-state index < -0.39 is 0 Å². The molecular formula is C11H13BrN2O. The highest BCUT2D eigenvalue weighted by atomic mass is 79.9. The lowest BCUT2D eigenvalue weighted by Crippen LogP contribution is -2.28. The van der Waals surface area contributed by atoms with Crippen LogP contribution in [0.15, 0.2) is 12.3 Å². The summed E-state index contributed by atoms with van der Waals surface area (Å²) in [6.45, 7) is 3.88. The summed E-state index contributed by atoms with van der Waals surface area (Å²) in [6, 6.07) is 1.91. The second-order valence-corrected chi connectivity index (χ2v) is 3.52. The molecule has 0 aliphatic rings. The van der Waals surface area contributed by atoms with Crippen molar-refractivity contribution in [1.82, 2.24) is 4.98 Å². The maximum absolute atomic E-state index is 11.1. The van der Waals surface area contributed by atoms with Crippen molar-refractivity contribution in [1.29, 1.82) is 0 Å². The van der Waals surface area contributed by atoms with Gasteiger partial charge in [-0.2, -0.15) is 0 Å². The molecule has 80 valence electrons. The smallest absolute Gasteiger partial charge is 0.235 e. The van der Waals surface area contributed by atoms with Gasteiger partial charge in [-0.05, 0) is 25.1 Å². The number of carbonyl (C=O) groups is 1. The Morgan fingerprint density at radius 3 is 2.80 bits per heavy atom. The lowest BCUT2D eigenvalue weighted by atomic mass is 10.3. The molecule has 1 aromatic heterocycles.